The van der Waals surface area contributed by atoms with Gasteiger partial charge in [0.1, 0.15) is 0 Å². The third kappa shape index (κ3) is 56.3. The SMILES string of the molecule is [O]=[Ti].[O]=[Ti]=[O]. The molecule has 0 radical (unpaired) electrons. The number of hydrogen-bond donors (Lipinski definition) is 0. The van der Waals surface area contributed by atoms with Crippen LogP contribution in [0.25, 0.3) is 0 Å². The Bertz CT molecular complexity index is 34.2. The van der Waals surface area contributed by atoms with E-state index in [9.17, 15) is 0 Å². The van der Waals surface area contributed by atoms with Gasteiger partial charge in [0.25, 0.3) is 0 Å². The first-order valence-electron chi connectivity index (χ1n) is 0.612. The quantitative estimate of drug-likeness (QED) is 0.436. The van der Waals surface area contributed by atoms with Crippen LogP contribution in [0.5, 0.6) is 0 Å². The van der Waals surface area contributed by atoms with Crippen molar-refractivity contribution < 1.29 is 49.5 Å². The number of rotatable bonds is 0. The molecule has 26 valence electrons. The van der Waals surface area contributed by atoms with Crippen molar-refractivity contribution in [3.63, 3.8) is 0 Å². The Kier molecular flexibility index (Phi) is 39.2. The monoisotopic (exact) mass is 144 g/mol. The molecule has 0 atom stereocenters. The van der Waals surface area contributed by atoms with Gasteiger partial charge >= 0.3 is 49.5 Å². The zero-order valence-electron chi connectivity index (χ0n) is 2.22. The maximum absolute atomic E-state index is 8.50. The summed E-state index contributed by atoms with van der Waals surface area (Å²) in [5.74, 6) is 0. The van der Waals surface area contributed by atoms with Crippen molar-refractivity contribution in [2.45, 2.75) is 0 Å². The van der Waals surface area contributed by atoms with Gasteiger partial charge in [-0.15, -0.1) is 0 Å². The molecule has 0 fully saturated rings. The molecule has 0 aromatic rings. The molecular weight excluding hydrogens is 144 g/mol. The Morgan fingerprint density at radius 1 is 1.20 bits per heavy atom. The molecule has 0 aliphatic carbocycles. The molecule has 0 aromatic heterocycles. The van der Waals surface area contributed by atoms with Crippen LogP contribution in [-0.4, -0.2) is 0 Å². The summed E-state index contributed by atoms with van der Waals surface area (Å²) in [6.07, 6.45) is 0. The van der Waals surface area contributed by atoms with Crippen LogP contribution in [0.2, 0.25) is 0 Å². The Hall–Kier alpha value is 0.829. The van der Waals surface area contributed by atoms with E-state index in [1.54, 1.807) is 0 Å². The second-order valence-corrected chi connectivity index (χ2v) is 0.344. The predicted molar refractivity (Wildman–Crippen MR) is 2.06 cm³/mol. The Balaban J connectivity index is 0. The van der Waals surface area contributed by atoms with Gasteiger partial charge < -0.3 is 0 Å². The van der Waals surface area contributed by atoms with Crippen LogP contribution in [0.4, 0.5) is 0 Å². The second-order valence-electron chi connectivity index (χ2n) is 0.0833. The van der Waals surface area contributed by atoms with E-state index in [1.165, 1.54) is 0 Å². The molecule has 5 heteroatoms. The molecule has 0 bridgehead atoms. The van der Waals surface area contributed by atoms with Crippen LogP contribution in [0.3, 0.4) is 0 Å². The fourth-order valence-corrected chi connectivity index (χ4v) is 0. The van der Waals surface area contributed by atoms with Crippen LogP contribution in [0.1, 0.15) is 0 Å². The summed E-state index contributed by atoms with van der Waals surface area (Å²) in [5.41, 5.74) is 0. The minimum absolute atomic E-state index is 0.750. The summed E-state index contributed by atoms with van der Waals surface area (Å²) in [4.78, 5) is 0. The molecule has 3 nitrogen and oxygen atoms in total. The minimum atomic E-state index is -2.00. The van der Waals surface area contributed by atoms with Crippen molar-refractivity contribution in [3.8, 4) is 0 Å². The first-order valence-corrected chi connectivity index (χ1v) is 2.52. The van der Waals surface area contributed by atoms with Crippen molar-refractivity contribution in [1.29, 1.82) is 0 Å². The second kappa shape index (κ2) is 21.2. The van der Waals surface area contributed by atoms with E-state index < -0.39 is 19.1 Å². The zero-order valence-corrected chi connectivity index (χ0v) is 5.35. The van der Waals surface area contributed by atoms with Crippen molar-refractivity contribution in [2.24, 2.45) is 0 Å². The van der Waals surface area contributed by atoms with E-state index in [1.807, 2.05) is 0 Å². The van der Waals surface area contributed by atoms with Crippen molar-refractivity contribution in [2.75, 3.05) is 0 Å². The topological polar surface area (TPSA) is 51.2 Å². The normalized spacial score (nSPS) is 2.20. The van der Waals surface area contributed by atoms with Crippen molar-refractivity contribution in [3.05, 3.63) is 0 Å². The van der Waals surface area contributed by atoms with Crippen LogP contribution in [0, 0.1) is 0 Å². The van der Waals surface area contributed by atoms with Gasteiger partial charge in [0.15, 0.2) is 0 Å². The molecule has 0 aromatic carbocycles. The van der Waals surface area contributed by atoms with Gasteiger partial charge in [0, 0.05) is 0 Å². The summed E-state index contributed by atoms with van der Waals surface area (Å²) in [7, 11) is 0. The van der Waals surface area contributed by atoms with Gasteiger partial charge in [-0.1, -0.05) is 0 Å². The van der Waals surface area contributed by atoms with Crippen LogP contribution < -0.4 is 0 Å². The van der Waals surface area contributed by atoms with Gasteiger partial charge in [-0.2, -0.15) is 0 Å². The predicted octanol–water partition coefficient (Wildman–Crippen LogP) is -0.361. The average molecular weight is 144 g/mol. The van der Waals surface area contributed by atoms with E-state index in [0.717, 1.165) is 20.4 Å². The van der Waals surface area contributed by atoms with Gasteiger partial charge in [-0.25, -0.2) is 0 Å². The standard InChI is InChI=1S/3O.2Ti. The molecular formula is O3Ti2. The molecule has 0 N–H and O–H groups in total. The Labute approximate surface area is 49.4 Å². The summed E-state index contributed by atoms with van der Waals surface area (Å²) < 4.78 is 25.2. The van der Waals surface area contributed by atoms with Crippen LogP contribution >= 0.6 is 0 Å². The third-order valence-electron chi connectivity index (χ3n) is 0. The fraction of sp³-hybridized carbons (Fsp3) is 0. The number of hydrogen-bond acceptors (Lipinski definition) is 3. The van der Waals surface area contributed by atoms with Crippen LogP contribution in [-0.2, 0) is 49.5 Å². The summed E-state index contributed by atoms with van der Waals surface area (Å²) in [6, 6.07) is 0. The molecule has 0 rings (SSSR count). The molecule has 0 aliphatic rings. The molecule has 0 saturated heterocycles. The molecule has 0 unspecified atom stereocenters. The van der Waals surface area contributed by atoms with E-state index in [2.05, 4.69) is 0 Å². The van der Waals surface area contributed by atoms with E-state index in [0.29, 0.717) is 0 Å². The Morgan fingerprint density at radius 2 is 1.20 bits per heavy atom. The van der Waals surface area contributed by atoms with Gasteiger partial charge in [0.05, 0.1) is 0 Å². The average Bonchev–Trinajstić information content (AvgIpc) is 1.46. The zero-order chi connectivity index (χ0) is 4.71. The first kappa shape index (κ1) is 9.27. The van der Waals surface area contributed by atoms with Gasteiger partial charge in [-0.05, 0) is 0 Å². The van der Waals surface area contributed by atoms with Crippen LogP contribution in [0.15, 0.2) is 0 Å². The third-order valence-corrected chi connectivity index (χ3v) is 0. The van der Waals surface area contributed by atoms with Crippen molar-refractivity contribution >= 4 is 0 Å². The summed E-state index contributed by atoms with van der Waals surface area (Å²) in [6.45, 7) is 0. The molecule has 5 heavy (non-hydrogen) atoms. The van der Waals surface area contributed by atoms with Gasteiger partial charge in [0.2, 0.25) is 0 Å². The van der Waals surface area contributed by atoms with E-state index >= 15 is 0 Å². The molecule has 0 saturated carbocycles. The van der Waals surface area contributed by atoms with Crippen molar-refractivity contribution in [1.82, 2.24) is 0 Å². The molecule has 0 amide bonds. The van der Waals surface area contributed by atoms with Gasteiger partial charge in [-0.3, -0.25) is 0 Å². The summed E-state index contributed by atoms with van der Waals surface area (Å²) in [5, 5.41) is 0. The molecule has 0 spiro atoms. The first-order chi connectivity index (χ1) is 2.41. The van der Waals surface area contributed by atoms with E-state index in [4.69, 9.17) is 9.97 Å². The fourth-order valence-electron chi connectivity index (χ4n) is 0. The summed E-state index contributed by atoms with van der Waals surface area (Å²) >= 11 is -1.25. The maximum atomic E-state index is 8.50. The Morgan fingerprint density at radius 3 is 1.20 bits per heavy atom. The molecule has 0 aliphatic heterocycles. The molecule has 0 heterocycles. The van der Waals surface area contributed by atoms with E-state index in [-0.39, 0.29) is 0 Å².